The number of amides is 1. The molecule has 3 aromatic rings. The summed E-state index contributed by atoms with van der Waals surface area (Å²) < 4.78 is 81.2. The number of piperidine rings is 1. The van der Waals surface area contributed by atoms with Crippen molar-refractivity contribution in [2.45, 2.75) is 50.7 Å². The number of ether oxygens (including phenoxy) is 2. The first-order valence-electron chi connectivity index (χ1n) is 15.0. The smallest absolute Gasteiger partial charge is 0.406 e. The molecule has 0 saturated carbocycles. The maximum Gasteiger partial charge on any atom is 0.406 e. The number of hydrogen-bond acceptors (Lipinski definition) is 7. The second kappa shape index (κ2) is 14.1. The van der Waals surface area contributed by atoms with E-state index in [9.17, 15) is 27.2 Å². The number of nitrogens with one attached hydrogen (secondary N) is 2. The zero-order valence-corrected chi connectivity index (χ0v) is 25.7. The molecule has 2 saturated heterocycles. The first kappa shape index (κ1) is 33.9. The predicted molar refractivity (Wildman–Crippen MR) is 162 cm³/mol. The number of halogens is 5. The van der Waals surface area contributed by atoms with Crippen molar-refractivity contribution >= 4 is 28.6 Å². The number of carboxylic acids is 1. The number of likely N-dealkylation sites (tertiary alicyclic amines) is 1. The first-order valence-corrected chi connectivity index (χ1v) is 15.0. The van der Waals surface area contributed by atoms with Crippen LogP contribution in [-0.4, -0.2) is 95.8 Å². The number of imidazole rings is 1. The molecule has 2 fully saturated rings. The molecule has 5 rings (SSSR count). The summed E-state index contributed by atoms with van der Waals surface area (Å²) in [7, 11) is 1.28. The third-order valence-electron chi connectivity index (χ3n) is 8.38. The van der Waals surface area contributed by atoms with E-state index in [1.54, 1.807) is 0 Å². The Morgan fingerprint density at radius 1 is 1.15 bits per heavy atom. The van der Waals surface area contributed by atoms with Gasteiger partial charge in [-0.3, -0.25) is 9.69 Å². The highest BCUT2D eigenvalue weighted by Gasteiger charge is 2.39. The van der Waals surface area contributed by atoms with Gasteiger partial charge in [-0.25, -0.2) is 18.6 Å². The molecule has 3 heterocycles. The van der Waals surface area contributed by atoms with Crippen LogP contribution >= 0.6 is 0 Å². The average molecular weight is 664 g/mol. The van der Waals surface area contributed by atoms with Crippen LogP contribution in [0.5, 0.6) is 5.75 Å². The molecule has 3 atom stereocenters. The van der Waals surface area contributed by atoms with E-state index in [0.29, 0.717) is 19.8 Å². The summed E-state index contributed by atoms with van der Waals surface area (Å²) in [6.45, 7) is 2.34. The van der Waals surface area contributed by atoms with Crippen LogP contribution < -0.4 is 15.4 Å². The fourth-order valence-corrected chi connectivity index (χ4v) is 6.10. The molecule has 0 unspecified atom stereocenters. The zero-order valence-electron chi connectivity index (χ0n) is 25.7. The van der Waals surface area contributed by atoms with E-state index in [-0.39, 0.29) is 58.6 Å². The third kappa shape index (κ3) is 7.94. The van der Waals surface area contributed by atoms with Gasteiger partial charge in [0.2, 0.25) is 0 Å². The molecular formula is C32H34F5N5O5. The minimum Gasteiger partial charge on any atom is -0.495 e. The van der Waals surface area contributed by atoms with Gasteiger partial charge in [-0.2, -0.15) is 13.2 Å². The highest BCUT2D eigenvalue weighted by molar-refractivity contribution is 6.05. The molecule has 1 amide bonds. The molecule has 3 N–H and O–H groups in total. The molecule has 47 heavy (non-hydrogen) atoms. The van der Waals surface area contributed by atoms with Crippen molar-refractivity contribution in [2.75, 3.05) is 45.3 Å². The number of carbonyl (C=O) groups is 2. The van der Waals surface area contributed by atoms with Crippen LogP contribution in [0.2, 0.25) is 0 Å². The van der Waals surface area contributed by atoms with Crippen molar-refractivity contribution < 1.29 is 46.1 Å². The van der Waals surface area contributed by atoms with Crippen LogP contribution in [0.15, 0.2) is 30.6 Å². The van der Waals surface area contributed by atoms with Crippen LogP contribution in [-0.2, 0) is 11.3 Å². The fourth-order valence-electron chi connectivity index (χ4n) is 6.10. The second-order valence-corrected chi connectivity index (χ2v) is 11.7. The highest BCUT2D eigenvalue weighted by Crippen LogP contribution is 2.29. The summed E-state index contributed by atoms with van der Waals surface area (Å²) in [6.07, 6.45) is -3.34. The van der Waals surface area contributed by atoms with E-state index in [2.05, 4.69) is 32.4 Å². The second-order valence-electron chi connectivity index (χ2n) is 11.7. The quantitative estimate of drug-likeness (QED) is 0.239. The Bertz CT molecular complexity index is 1680. The number of carbonyl (C=O) groups excluding carboxylic acids is 1. The largest absolute Gasteiger partial charge is 0.495 e. The summed E-state index contributed by atoms with van der Waals surface area (Å²) in [5.74, 6) is 2.22. The third-order valence-corrected chi connectivity index (χ3v) is 8.38. The fraction of sp³-hybridized carbons (Fsp3) is 0.469. The van der Waals surface area contributed by atoms with Gasteiger partial charge in [0.15, 0.2) is 0 Å². The lowest BCUT2D eigenvalue weighted by Gasteiger charge is -2.44. The molecular weight excluding hydrogens is 629 g/mol. The van der Waals surface area contributed by atoms with E-state index in [1.165, 1.54) is 19.2 Å². The van der Waals surface area contributed by atoms with Gasteiger partial charge in [-0.05, 0) is 37.0 Å². The van der Waals surface area contributed by atoms with Crippen LogP contribution in [0.25, 0.3) is 11.0 Å². The number of rotatable bonds is 8. The van der Waals surface area contributed by atoms with Crippen LogP contribution in [0.3, 0.4) is 0 Å². The van der Waals surface area contributed by atoms with Crippen LogP contribution in [0.4, 0.5) is 27.6 Å². The maximum atomic E-state index is 15.5. The average Bonchev–Trinajstić information content (AvgIpc) is 3.41. The Balaban J connectivity index is 1.38. The normalized spacial score (nSPS) is 20.8. The van der Waals surface area contributed by atoms with Crippen molar-refractivity contribution in [1.29, 1.82) is 0 Å². The molecule has 10 nitrogen and oxygen atoms in total. The standard InChI is InChI=1S/C32H34F5N5O5/c1-18-14-41(20-5-8-47-9-6-20)15-24(34)28(18)40-30(43)22-10-19(11-26-29(22)39-17-42(26)16-32(35,36)37)4-3-7-38-25-13-23(33)21(31(44)45)12-27(25)46-2/h10-13,17-18,20,24,28,38H,5-9,14-16H2,1-2H3,(H,40,43)(H,44,45)/t18-,24-,28+/m0/s1. The number of nitrogens with zero attached hydrogens (tertiary/aromatic N) is 3. The molecule has 0 radical (unpaired) electrons. The highest BCUT2D eigenvalue weighted by atomic mass is 19.4. The zero-order chi connectivity index (χ0) is 33.9. The molecule has 0 bridgehead atoms. The number of methoxy groups -OCH3 is 1. The number of aromatic nitrogens is 2. The number of alkyl halides is 4. The van der Waals surface area contributed by atoms with E-state index in [1.807, 2.05) is 6.92 Å². The van der Waals surface area contributed by atoms with Gasteiger partial charge in [0.25, 0.3) is 5.91 Å². The van der Waals surface area contributed by atoms with Crippen molar-refractivity contribution in [3.8, 4) is 17.6 Å². The lowest BCUT2D eigenvalue weighted by molar-refractivity contribution is -0.140. The predicted octanol–water partition coefficient (Wildman–Crippen LogP) is 4.48. The van der Waals surface area contributed by atoms with Crippen molar-refractivity contribution in [3.63, 3.8) is 0 Å². The monoisotopic (exact) mass is 663 g/mol. The molecule has 2 aliphatic heterocycles. The number of aromatic carboxylic acids is 1. The molecule has 252 valence electrons. The van der Waals surface area contributed by atoms with E-state index in [4.69, 9.17) is 14.6 Å². The summed E-state index contributed by atoms with van der Waals surface area (Å²) in [4.78, 5) is 31.0. The van der Waals surface area contributed by atoms with Crippen LogP contribution in [0.1, 0.15) is 46.0 Å². The molecule has 1 aromatic heterocycles. The van der Waals surface area contributed by atoms with Crippen molar-refractivity contribution in [2.24, 2.45) is 5.92 Å². The van der Waals surface area contributed by atoms with Crippen molar-refractivity contribution in [3.05, 3.63) is 53.1 Å². The Morgan fingerprint density at radius 2 is 1.89 bits per heavy atom. The molecule has 0 spiro atoms. The summed E-state index contributed by atoms with van der Waals surface area (Å²) in [6, 6.07) is 4.09. The van der Waals surface area contributed by atoms with E-state index in [0.717, 1.165) is 35.9 Å². The van der Waals surface area contributed by atoms with E-state index < -0.39 is 48.2 Å². The van der Waals surface area contributed by atoms with Gasteiger partial charge in [0.05, 0.1) is 48.4 Å². The van der Waals surface area contributed by atoms with Gasteiger partial charge in [0.1, 0.15) is 29.8 Å². The lowest BCUT2D eigenvalue weighted by Crippen LogP contribution is -2.59. The lowest BCUT2D eigenvalue weighted by atomic mass is 9.89. The summed E-state index contributed by atoms with van der Waals surface area (Å²) in [5, 5.41) is 14.7. The number of carboxylic acid groups (broad SMARTS) is 1. The van der Waals surface area contributed by atoms with E-state index >= 15 is 4.39 Å². The van der Waals surface area contributed by atoms with Gasteiger partial charge >= 0.3 is 12.1 Å². The Labute approximate surface area is 267 Å². The van der Waals surface area contributed by atoms with Crippen LogP contribution in [0, 0.1) is 23.6 Å². The summed E-state index contributed by atoms with van der Waals surface area (Å²) >= 11 is 0. The topological polar surface area (TPSA) is 118 Å². The molecule has 15 heteroatoms. The van der Waals surface area contributed by atoms with Gasteiger partial charge in [0, 0.05) is 44.0 Å². The molecule has 2 aliphatic rings. The van der Waals surface area contributed by atoms with Gasteiger partial charge in [-0.1, -0.05) is 18.8 Å². The number of benzene rings is 2. The SMILES string of the molecule is COc1cc(C(=O)O)c(F)cc1NCC#Cc1cc(C(=O)N[C@@H]2[C@@H](C)CN(C3CCOCC3)C[C@@H]2F)c2ncn(CC(F)(F)F)c2c1. The maximum absolute atomic E-state index is 15.5. The van der Waals surface area contributed by atoms with Gasteiger partial charge in [-0.15, -0.1) is 0 Å². The molecule has 0 aliphatic carbocycles. The minimum atomic E-state index is -4.57. The molecule has 2 aromatic carbocycles. The number of hydrogen-bond donors (Lipinski definition) is 3. The Kier molecular flexibility index (Phi) is 10.2. The first-order chi connectivity index (χ1) is 22.3. The summed E-state index contributed by atoms with van der Waals surface area (Å²) in [5.41, 5.74) is -0.296. The number of anilines is 1. The van der Waals surface area contributed by atoms with Crippen molar-refractivity contribution in [1.82, 2.24) is 19.8 Å². The Hall–Kier alpha value is -4.42. The number of fused-ring (bicyclic) bond motifs is 1. The minimum absolute atomic E-state index is 0.0110. The Morgan fingerprint density at radius 3 is 2.55 bits per heavy atom. The van der Waals surface area contributed by atoms with Gasteiger partial charge < -0.3 is 29.8 Å².